The Morgan fingerprint density at radius 1 is 1.00 bits per heavy atom. The summed E-state index contributed by atoms with van der Waals surface area (Å²) in [7, 11) is 0. The number of benzene rings is 1. The largest absolute Gasteiger partial charge is 0.365 e. The Bertz CT molecular complexity index is 576. The number of pyridine rings is 1. The quantitative estimate of drug-likeness (QED) is 0.840. The van der Waals surface area contributed by atoms with Crippen LogP contribution in [0.5, 0.6) is 0 Å². The maximum atomic E-state index is 11.8. The molecule has 0 amide bonds. The summed E-state index contributed by atoms with van der Waals surface area (Å²) in [6.45, 7) is 6.13. The highest BCUT2D eigenvalue weighted by Crippen LogP contribution is 2.17. The summed E-state index contributed by atoms with van der Waals surface area (Å²) in [5, 5.41) is 0. The minimum absolute atomic E-state index is 0.115. The molecule has 0 aliphatic rings. The van der Waals surface area contributed by atoms with E-state index in [1.54, 1.807) is 12.3 Å². The number of hydrogen-bond acceptors (Lipinski definition) is 1. The molecule has 2 heteroatoms. The molecule has 0 aliphatic carbocycles. The lowest BCUT2D eigenvalue weighted by atomic mass is 9.95. The molecule has 0 fully saturated rings. The Morgan fingerprint density at radius 2 is 1.65 bits per heavy atom. The van der Waals surface area contributed by atoms with Gasteiger partial charge in [-0.2, -0.15) is 0 Å². The fourth-order valence-corrected chi connectivity index (χ4v) is 2.14. The number of rotatable bonds is 2. The van der Waals surface area contributed by atoms with Gasteiger partial charge in [-0.25, -0.2) is 0 Å². The minimum Gasteiger partial charge on any atom is -0.365 e. The SMILES string of the molecule is Cc1cccc(C)c1Cc1c(C)[nH]ccc1=O. The molecule has 17 heavy (non-hydrogen) atoms. The van der Waals surface area contributed by atoms with E-state index in [9.17, 15) is 4.79 Å². The fraction of sp³-hybridized carbons (Fsp3) is 0.267. The average molecular weight is 227 g/mol. The van der Waals surface area contributed by atoms with Gasteiger partial charge in [0.25, 0.3) is 0 Å². The first-order valence-corrected chi connectivity index (χ1v) is 5.82. The van der Waals surface area contributed by atoms with Crippen LogP contribution in [-0.2, 0) is 6.42 Å². The summed E-state index contributed by atoms with van der Waals surface area (Å²) in [6, 6.07) is 7.83. The summed E-state index contributed by atoms with van der Waals surface area (Å²) < 4.78 is 0. The second-order valence-electron chi connectivity index (χ2n) is 4.49. The third-order valence-corrected chi connectivity index (χ3v) is 3.28. The molecule has 2 nitrogen and oxygen atoms in total. The molecular formula is C15H17NO. The van der Waals surface area contributed by atoms with Crippen molar-refractivity contribution in [2.24, 2.45) is 0 Å². The second-order valence-corrected chi connectivity index (χ2v) is 4.49. The van der Waals surface area contributed by atoms with Crippen LogP contribution < -0.4 is 5.43 Å². The van der Waals surface area contributed by atoms with Gasteiger partial charge in [0.05, 0.1) is 0 Å². The van der Waals surface area contributed by atoms with Crippen LogP contribution in [0.3, 0.4) is 0 Å². The van der Waals surface area contributed by atoms with Crippen LogP contribution in [-0.4, -0.2) is 4.98 Å². The zero-order chi connectivity index (χ0) is 12.4. The zero-order valence-corrected chi connectivity index (χ0v) is 10.5. The van der Waals surface area contributed by atoms with Gasteiger partial charge in [-0.15, -0.1) is 0 Å². The first-order valence-electron chi connectivity index (χ1n) is 5.82. The van der Waals surface area contributed by atoms with E-state index in [1.807, 2.05) is 6.92 Å². The number of nitrogens with one attached hydrogen (secondary N) is 1. The van der Waals surface area contributed by atoms with Crippen LogP contribution in [0, 0.1) is 20.8 Å². The average Bonchev–Trinajstić information content (AvgIpc) is 2.27. The molecule has 1 heterocycles. The smallest absolute Gasteiger partial charge is 0.185 e. The van der Waals surface area contributed by atoms with Gasteiger partial charge < -0.3 is 4.98 Å². The van der Waals surface area contributed by atoms with E-state index in [0.29, 0.717) is 6.42 Å². The van der Waals surface area contributed by atoms with Gasteiger partial charge in [-0.3, -0.25) is 4.79 Å². The summed E-state index contributed by atoms with van der Waals surface area (Å²) in [4.78, 5) is 14.9. The molecular weight excluding hydrogens is 210 g/mol. The van der Waals surface area contributed by atoms with Gasteiger partial charge in [0.2, 0.25) is 0 Å². The molecule has 0 saturated heterocycles. The third-order valence-electron chi connectivity index (χ3n) is 3.28. The van der Waals surface area contributed by atoms with Crippen molar-refractivity contribution in [1.29, 1.82) is 0 Å². The molecule has 0 bridgehead atoms. The predicted molar refractivity (Wildman–Crippen MR) is 70.5 cm³/mol. The molecule has 0 unspecified atom stereocenters. The van der Waals surface area contributed by atoms with Gasteiger partial charge in [0.15, 0.2) is 5.43 Å². The standard InChI is InChI=1S/C15H17NO/c1-10-5-4-6-11(2)13(10)9-14-12(3)16-8-7-15(14)17/h4-8H,9H2,1-3H3,(H,16,17). The van der Waals surface area contributed by atoms with Gasteiger partial charge in [0.1, 0.15) is 0 Å². The van der Waals surface area contributed by atoms with Crippen molar-refractivity contribution in [3.05, 3.63) is 68.6 Å². The van der Waals surface area contributed by atoms with Gasteiger partial charge in [0, 0.05) is 29.9 Å². The van der Waals surface area contributed by atoms with E-state index in [2.05, 4.69) is 37.0 Å². The molecule has 1 aromatic carbocycles. The third kappa shape index (κ3) is 2.31. The maximum absolute atomic E-state index is 11.8. The summed E-state index contributed by atoms with van der Waals surface area (Å²) >= 11 is 0. The Morgan fingerprint density at radius 3 is 2.24 bits per heavy atom. The van der Waals surface area contributed by atoms with Gasteiger partial charge in [-0.1, -0.05) is 18.2 Å². The summed E-state index contributed by atoms with van der Waals surface area (Å²) in [5.41, 5.74) is 5.68. The normalized spacial score (nSPS) is 10.5. The first-order chi connectivity index (χ1) is 8.09. The lowest BCUT2D eigenvalue weighted by Gasteiger charge is -2.10. The molecule has 0 atom stereocenters. The van der Waals surface area contributed by atoms with Gasteiger partial charge in [-0.05, 0) is 37.5 Å². The molecule has 0 radical (unpaired) electrons. The van der Waals surface area contributed by atoms with Crippen molar-refractivity contribution >= 4 is 0 Å². The number of hydrogen-bond donors (Lipinski definition) is 1. The van der Waals surface area contributed by atoms with Crippen LogP contribution in [0.15, 0.2) is 35.3 Å². The Balaban J connectivity index is 2.49. The highest BCUT2D eigenvalue weighted by atomic mass is 16.1. The molecule has 2 aromatic rings. The van der Waals surface area contributed by atoms with Crippen LogP contribution in [0.2, 0.25) is 0 Å². The zero-order valence-electron chi connectivity index (χ0n) is 10.5. The molecule has 1 aromatic heterocycles. The van der Waals surface area contributed by atoms with E-state index in [-0.39, 0.29) is 5.43 Å². The number of H-pyrrole nitrogens is 1. The van der Waals surface area contributed by atoms with Crippen molar-refractivity contribution < 1.29 is 0 Å². The molecule has 0 aliphatic heterocycles. The van der Waals surface area contributed by atoms with E-state index in [1.165, 1.54) is 16.7 Å². The highest BCUT2D eigenvalue weighted by Gasteiger charge is 2.08. The van der Waals surface area contributed by atoms with Crippen molar-refractivity contribution in [3.8, 4) is 0 Å². The summed E-state index contributed by atoms with van der Waals surface area (Å²) in [5.74, 6) is 0. The second kappa shape index (κ2) is 4.58. The monoisotopic (exact) mass is 227 g/mol. The van der Waals surface area contributed by atoms with Crippen LogP contribution >= 0.6 is 0 Å². The van der Waals surface area contributed by atoms with E-state index >= 15 is 0 Å². The highest BCUT2D eigenvalue weighted by molar-refractivity contribution is 5.38. The lowest BCUT2D eigenvalue weighted by molar-refractivity contribution is 1.03. The van der Waals surface area contributed by atoms with Crippen molar-refractivity contribution in [3.63, 3.8) is 0 Å². The van der Waals surface area contributed by atoms with E-state index < -0.39 is 0 Å². The topological polar surface area (TPSA) is 32.9 Å². The molecule has 88 valence electrons. The van der Waals surface area contributed by atoms with Crippen molar-refractivity contribution in [1.82, 2.24) is 4.98 Å². The van der Waals surface area contributed by atoms with E-state index in [4.69, 9.17) is 0 Å². The number of aryl methyl sites for hydroxylation is 3. The van der Waals surface area contributed by atoms with Crippen LogP contribution in [0.25, 0.3) is 0 Å². The molecule has 2 rings (SSSR count). The molecule has 0 spiro atoms. The summed E-state index contributed by atoms with van der Waals surface area (Å²) in [6.07, 6.45) is 2.41. The Labute approximate surface area is 101 Å². The van der Waals surface area contributed by atoms with Gasteiger partial charge >= 0.3 is 0 Å². The van der Waals surface area contributed by atoms with Crippen LogP contribution in [0.1, 0.15) is 27.9 Å². The lowest BCUT2D eigenvalue weighted by Crippen LogP contribution is -2.12. The fourth-order valence-electron chi connectivity index (χ4n) is 2.14. The number of aromatic nitrogens is 1. The van der Waals surface area contributed by atoms with E-state index in [0.717, 1.165) is 11.3 Å². The minimum atomic E-state index is 0.115. The Hall–Kier alpha value is -1.83. The predicted octanol–water partition coefficient (Wildman–Crippen LogP) is 2.89. The van der Waals surface area contributed by atoms with Crippen molar-refractivity contribution in [2.45, 2.75) is 27.2 Å². The Kier molecular flexibility index (Phi) is 3.14. The maximum Gasteiger partial charge on any atom is 0.185 e. The van der Waals surface area contributed by atoms with Crippen molar-refractivity contribution in [2.75, 3.05) is 0 Å². The first kappa shape index (κ1) is 11.6. The number of aromatic amines is 1. The molecule has 1 N–H and O–H groups in total. The molecule has 0 saturated carbocycles. The van der Waals surface area contributed by atoms with Crippen LogP contribution in [0.4, 0.5) is 0 Å².